The van der Waals surface area contributed by atoms with Crippen molar-refractivity contribution in [2.24, 2.45) is 0 Å². The van der Waals surface area contributed by atoms with E-state index in [-0.39, 0.29) is 11.8 Å². The van der Waals surface area contributed by atoms with Gasteiger partial charge in [0, 0.05) is 28.2 Å². The molecule has 0 atom stereocenters. The van der Waals surface area contributed by atoms with Crippen LogP contribution in [0.1, 0.15) is 31.7 Å². The van der Waals surface area contributed by atoms with Gasteiger partial charge >= 0.3 is 0 Å². The minimum Gasteiger partial charge on any atom is -0.317 e. The SMILES string of the molecule is CCCN(C1CCNCC1)S(=O)(=O)Cc1c(Cl)cccc1Cl. The Hall–Kier alpha value is -0.330. The number of hydrogen-bond acceptors (Lipinski definition) is 3. The summed E-state index contributed by atoms with van der Waals surface area (Å²) in [4.78, 5) is 0. The molecule has 1 fully saturated rings. The highest BCUT2D eigenvalue weighted by atomic mass is 35.5. The minimum atomic E-state index is -3.45. The molecule has 4 nitrogen and oxygen atoms in total. The molecule has 0 spiro atoms. The molecule has 1 N–H and O–H groups in total. The molecule has 1 aromatic carbocycles. The van der Waals surface area contributed by atoms with Crippen LogP contribution in [-0.4, -0.2) is 38.4 Å². The Morgan fingerprint density at radius 3 is 2.36 bits per heavy atom. The van der Waals surface area contributed by atoms with Crippen molar-refractivity contribution < 1.29 is 8.42 Å². The van der Waals surface area contributed by atoms with E-state index in [1.807, 2.05) is 6.92 Å². The monoisotopic (exact) mass is 364 g/mol. The highest BCUT2D eigenvalue weighted by Crippen LogP contribution is 2.28. The van der Waals surface area contributed by atoms with Crippen molar-refractivity contribution in [1.29, 1.82) is 0 Å². The quantitative estimate of drug-likeness (QED) is 0.842. The fourth-order valence-electron chi connectivity index (χ4n) is 2.80. The Balaban J connectivity index is 2.25. The molecule has 0 radical (unpaired) electrons. The molecule has 0 amide bonds. The lowest BCUT2D eigenvalue weighted by Crippen LogP contribution is -2.46. The van der Waals surface area contributed by atoms with Crippen LogP contribution in [0.3, 0.4) is 0 Å². The van der Waals surface area contributed by atoms with E-state index in [0.717, 1.165) is 32.4 Å². The maximum Gasteiger partial charge on any atom is 0.218 e. The second-order valence-electron chi connectivity index (χ2n) is 5.55. The number of sulfonamides is 1. The van der Waals surface area contributed by atoms with Crippen LogP contribution in [0.5, 0.6) is 0 Å². The largest absolute Gasteiger partial charge is 0.317 e. The molecule has 1 heterocycles. The van der Waals surface area contributed by atoms with E-state index < -0.39 is 10.0 Å². The summed E-state index contributed by atoms with van der Waals surface area (Å²) in [5.74, 6) is -0.143. The number of benzene rings is 1. The van der Waals surface area contributed by atoms with Crippen molar-refractivity contribution >= 4 is 33.2 Å². The zero-order valence-corrected chi connectivity index (χ0v) is 15.0. The first-order valence-corrected chi connectivity index (χ1v) is 9.95. The molecule has 1 saturated heterocycles. The summed E-state index contributed by atoms with van der Waals surface area (Å²) in [6.07, 6.45) is 2.48. The molecule has 0 aliphatic carbocycles. The lowest BCUT2D eigenvalue weighted by atomic mass is 10.1. The molecule has 124 valence electrons. The maximum absolute atomic E-state index is 12.9. The highest BCUT2D eigenvalue weighted by Gasteiger charge is 2.31. The molecule has 22 heavy (non-hydrogen) atoms. The molecule has 0 aromatic heterocycles. The molecular formula is C15H22Cl2N2O2S. The van der Waals surface area contributed by atoms with Crippen molar-refractivity contribution in [1.82, 2.24) is 9.62 Å². The van der Waals surface area contributed by atoms with Crippen molar-refractivity contribution in [3.63, 3.8) is 0 Å². The van der Waals surface area contributed by atoms with E-state index in [1.54, 1.807) is 22.5 Å². The third-order valence-corrected chi connectivity index (χ3v) is 6.46. The molecular weight excluding hydrogens is 343 g/mol. The van der Waals surface area contributed by atoms with E-state index in [4.69, 9.17) is 23.2 Å². The fourth-order valence-corrected chi connectivity index (χ4v) is 5.46. The Morgan fingerprint density at radius 2 is 1.82 bits per heavy atom. The predicted molar refractivity (Wildman–Crippen MR) is 92.0 cm³/mol. The Morgan fingerprint density at radius 1 is 1.23 bits per heavy atom. The number of nitrogens with zero attached hydrogens (tertiary/aromatic N) is 1. The van der Waals surface area contributed by atoms with E-state index >= 15 is 0 Å². The second kappa shape index (κ2) is 7.97. The molecule has 0 saturated carbocycles. The average molecular weight is 365 g/mol. The van der Waals surface area contributed by atoms with E-state index in [1.165, 1.54) is 0 Å². The third kappa shape index (κ3) is 4.36. The zero-order valence-electron chi connectivity index (χ0n) is 12.7. The molecule has 7 heteroatoms. The summed E-state index contributed by atoms with van der Waals surface area (Å²) in [7, 11) is -3.45. The van der Waals surface area contributed by atoms with Crippen molar-refractivity contribution in [2.45, 2.75) is 38.0 Å². The van der Waals surface area contributed by atoms with Crippen LogP contribution >= 0.6 is 23.2 Å². The van der Waals surface area contributed by atoms with Crippen molar-refractivity contribution in [2.75, 3.05) is 19.6 Å². The van der Waals surface area contributed by atoms with Gasteiger partial charge in [0.2, 0.25) is 10.0 Å². The first-order valence-electron chi connectivity index (χ1n) is 7.59. The van der Waals surface area contributed by atoms with Gasteiger partial charge in [-0.05, 0) is 44.5 Å². The van der Waals surface area contributed by atoms with Crippen LogP contribution in [0.4, 0.5) is 0 Å². The van der Waals surface area contributed by atoms with Gasteiger partial charge < -0.3 is 5.32 Å². The zero-order chi connectivity index (χ0) is 16.2. The topological polar surface area (TPSA) is 49.4 Å². The number of rotatable bonds is 6. The van der Waals surface area contributed by atoms with Gasteiger partial charge in [-0.1, -0.05) is 36.2 Å². The Bertz CT molecular complexity index is 581. The van der Waals surface area contributed by atoms with Gasteiger partial charge in [-0.2, -0.15) is 4.31 Å². The van der Waals surface area contributed by atoms with Crippen LogP contribution in [-0.2, 0) is 15.8 Å². The minimum absolute atomic E-state index is 0.0625. The van der Waals surface area contributed by atoms with Gasteiger partial charge in [0.1, 0.15) is 0 Å². The summed E-state index contributed by atoms with van der Waals surface area (Å²) >= 11 is 12.3. The summed E-state index contributed by atoms with van der Waals surface area (Å²) in [5.41, 5.74) is 0.487. The lowest BCUT2D eigenvalue weighted by Gasteiger charge is -2.33. The molecule has 0 unspecified atom stereocenters. The molecule has 1 aliphatic rings. The van der Waals surface area contributed by atoms with Crippen molar-refractivity contribution in [3.8, 4) is 0 Å². The standard InChI is InChI=1S/C15H22Cl2N2O2S/c1-2-10-19(12-6-8-18-9-7-12)22(20,21)11-13-14(16)4-3-5-15(13)17/h3-5,12,18H,2,6-11H2,1H3. The van der Waals surface area contributed by atoms with E-state index in [2.05, 4.69) is 5.32 Å². The number of nitrogens with one attached hydrogen (secondary N) is 1. The normalized spacial score (nSPS) is 17.1. The summed E-state index contributed by atoms with van der Waals surface area (Å²) in [6, 6.07) is 5.13. The van der Waals surface area contributed by atoms with Crippen LogP contribution in [0.15, 0.2) is 18.2 Å². The van der Waals surface area contributed by atoms with Crippen LogP contribution in [0.2, 0.25) is 10.0 Å². The summed E-state index contributed by atoms with van der Waals surface area (Å²) in [5, 5.41) is 4.07. The number of halogens is 2. The summed E-state index contributed by atoms with van der Waals surface area (Å²) < 4.78 is 27.4. The predicted octanol–water partition coefficient (Wildman–Crippen LogP) is 3.29. The molecule has 1 aromatic rings. The third-order valence-electron chi connectivity index (χ3n) is 3.91. The Kier molecular flexibility index (Phi) is 6.53. The molecule has 1 aliphatic heterocycles. The number of piperidine rings is 1. The van der Waals surface area contributed by atoms with Crippen molar-refractivity contribution in [3.05, 3.63) is 33.8 Å². The molecule has 0 bridgehead atoms. The van der Waals surface area contributed by atoms with Crippen LogP contribution in [0, 0.1) is 0 Å². The van der Waals surface area contributed by atoms with Gasteiger partial charge in [0.15, 0.2) is 0 Å². The van der Waals surface area contributed by atoms with Gasteiger partial charge in [0.25, 0.3) is 0 Å². The van der Waals surface area contributed by atoms with Gasteiger partial charge in [0.05, 0.1) is 5.75 Å². The second-order valence-corrected chi connectivity index (χ2v) is 8.28. The van der Waals surface area contributed by atoms with Gasteiger partial charge in [-0.3, -0.25) is 0 Å². The first-order chi connectivity index (χ1) is 10.5. The van der Waals surface area contributed by atoms with Gasteiger partial charge in [-0.25, -0.2) is 8.42 Å². The van der Waals surface area contributed by atoms with E-state index in [9.17, 15) is 8.42 Å². The number of hydrogen-bond donors (Lipinski definition) is 1. The summed E-state index contributed by atoms with van der Waals surface area (Å²) in [6.45, 7) is 4.24. The first kappa shape index (κ1) is 18.0. The van der Waals surface area contributed by atoms with E-state index in [0.29, 0.717) is 22.2 Å². The van der Waals surface area contributed by atoms with Gasteiger partial charge in [-0.15, -0.1) is 0 Å². The lowest BCUT2D eigenvalue weighted by molar-refractivity contribution is 0.262. The Labute approximate surface area is 142 Å². The van der Waals surface area contributed by atoms with Crippen LogP contribution < -0.4 is 5.32 Å². The fraction of sp³-hybridized carbons (Fsp3) is 0.600. The molecule has 2 rings (SSSR count). The van der Waals surface area contributed by atoms with Crippen LogP contribution in [0.25, 0.3) is 0 Å². The highest BCUT2D eigenvalue weighted by molar-refractivity contribution is 7.88. The maximum atomic E-state index is 12.9. The smallest absolute Gasteiger partial charge is 0.218 e. The average Bonchev–Trinajstić information content (AvgIpc) is 2.49.